The molecule has 0 aliphatic carbocycles. The molecule has 12 nitrogen and oxygen atoms in total. The van der Waals surface area contributed by atoms with Crippen molar-refractivity contribution >= 4 is 45.2 Å². The maximum absolute atomic E-state index is 14.5. The molecule has 0 bridgehead atoms. The zero-order valence-electron chi connectivity index (χ0n) is 28.9. The van der Waals surface area contributed by atoms with Gasteiger partial charge in [0, 0.05) is 38.1 Å². The molecule has 0 fully saturated rings. The van der Waals surface area contributed by atoms with Gasteiger partial charge >= 0.3 is 12.0 Å². The van der Waals surface area contributed by atoms with Gasteiger partial charge in [-0.15, -0.1) is 11.3 Å². The molecule has 48 heavy (non-hydrogen) atoms. The van der Waals surface area contributed by atoms with Gasteiger partial charge in [0.15, 0.2) is 6.29 Å². The molecule has 0 saturated heterocycles. The first-order chi connectivity index (χ1) is 22.8. The lowest BCUT2D eigenvalue weighted by Crippen LogP contribution is -2.56. The molecule has 3 rings (SSSR count). The highest BCUT2D eigenvalue weighted by Crippen LogP contribution is 2.28. The summed E-state index contributed by atoms with van der Waals surface area (Å²) in [4.78, 5) is 54.9. The summed E-state index contributed by atoms with van der Waals surface area (Å²) in [5.74, 6) is -1.73. The van der Waals surface area contributed by atoms with E-state index in [2.05, 4.69) is 16.1 Å². The summed E-state index contributed by atoms with van der Waals surface area (Å²) in [5.41, 5.74) is 3.62. The van der Waals surface area contributed by atoms with Crippen molar-refractivity contribution in [3.63, 3.8) is 0 Å². The van der Waals surface area contributed by atoms with E-state index in [-0.39, 0.29) is 13.1 Å². The Bertz CT molecular complexity index is 1490. The van der Waals surface area contributed by atoms with Crippen LogP contribution in [0.15, 0.2) is 60.0 Å². The van der Waals surface area contributed by atoms with Gasteiger partial charge in [-0.2, -0.15) is 0 Å². The largest absolute Gasteiger partial charge is 0.460 e. The second-order valence-corrected chi connectivity index (χ2v) is 13.2. The van der Waals surface area contributed by atoms with Crippen molar-refractivity contribution in [2.24, 2.45) is 0 Å². The highest BCUT2D eigenvalue weighted by molar-refractivity contribution is 7.17. The number of rotatable bonds is 17. The summed E-state index contributed by atoms with van der Waals surface area (Å²) in [6, 6.07) is 14.9. The van der Waals surface area contributed by atoms with E-state index in [0.29, 0.717) is 19.8 Å². The smallest absolute Gasteiger partial charge is 0.329 e. The minimum absolute atomic E-state index is 0.185. The Morgan fingerprint density at radius 1 is 0.938 bits per heavy atom. The number of thiophene rings is 1. The molecule has 262 valence electrons. The first kappa shape index (κ1) is 38.4. The minimum atomic E-state index is -1.27. The van der Waals surface area contributed by atoms with Crippen LogP contribution in [0.1, 0.15) is 59.1 Å². The Labute approximate surface area is 287 Å². The molecule has 1 unspecified atom stereocenters. The van der Waals surface area contributed by atoms with Crippen molar-refractivity contribution in [1.29, 1.82) is 0 Å². The van der Waals surface area contributed by atoms with E-state index >= 15 is 0 Å². The van der Waals surface area contributed by atoms with Gasteiger partial charge in [0.2, 0.25) is 11.8 Å². The van der Waals surface area contributed by atoms with Gasteiger partial charge in [-0.05, 0) is 69.5 Å². The highest BCUT2D eigenvalue weighted by atomic mass is 32.1. The predicted molar refractivity (Wildman–Crippen MR) is 186 cm³/mol. The fourth-order valence-electron chi connectivity index (χ4n) is 5.00. The summed E-state index contributed by atoms with van der Waals surface area (Å²) >= 11 is 1.57. The van der Waals surface area contributed by atoms with Crippen LogP contribution in [-0.2, 0) is 41.7 Å². The number of urea groups is 1. The molecule has 0 aliphatic rings. The maximum Gasteiger partial charge on any atom is 0.329 e. The number of fused-ring (bicyclic) bond motifs is 1. The van der Waals surface area contributed by atoms with Crippen molar-refractivity contribution in [3.8, 4) is 0 Å². The molecule has 1 aromatic heterocycles. The number of amides is 4. The first-order valence-electron chi connectivity index (χ1n) is 16.1. The average molecular weight is 684 g/mol. The third kappa shape index (κ3) is 12.2. The van der Waals surface area contributed by atoms with E-state index in [1.807, 2.05) is 80.7 Å². The van der Waals surface area contributed by atoms with Crippen LogP contribution in [-0.4, -0.2) is 84.5 Å². The second-order valence-electron chi connectivity index (χ2n) is 12.3. The molecule has 2 atom stereocenters. The molecule has 0 saturated carbocycles. The average Bonchev–Trinajstić information content (AvgIpc) is 3.43. The number of carbonyl (C=O) groups is 4. The number of hydrogen-bond acceptors (Lipinski definition) is 9. The summed E-state index contributed by atoms with van der Waals surface area (Å²) in [6.45, 7) is 11.6. The van der Waals surface area contributed by atoms with Crippen molar-refractivity contribution in [2.45, 2.75) is 85.0 Å². The van der Waals surface area contributed by atoms with E-state index in [0.717, 1.165) is 21.2 Å². The van der Waals surface area contributed by atoms with Gasteiger partial charge in [0.1, 0.15) is 11.6 Å². The van der Waals surface area contributed by atoms with Gasteiger partial charge < -0.3 is 29.7 Å². The normalized spacial score (nSPS) is 12.9. The van der Waals surface area contributed by atoms with E-state index in [1.165, 1.54) is 12.1 Å². The number of ether oxygens (including phenoxy) is 3. The van der Waals surface area contributed by atoms with Crippen molar-refractivity contribution in [2.75, 3.05) is 26.8 Å². The quantitative estimate of drug-likeness (QED) is 0.107. The zero-order valence-corrected chi connectivity index (χ0v) is 29.7. The summed E-state index contributed by atoms with van der Waals surface area (Å²) < 4.78 is 18.4. The maximum atomic E-state index is 14.5. The van der Waals surface area contributed by atoms with Crippen LogP contribution in [0.3, 0.4) is 0 Å². The number of esters is 1. The number of hydrogen-bond donors (Lipinski definition) is 3. The molecule has 1 heterocycles. The Hall–Kier alpha value is -4.04. The predicted octanol–water partition coefficient (Wildman–Crippen LogP) is 4.58. The number of nitrogens with zero attached hydrogens (tertiary/aromatic N) is 2. The lowest BCUT2D eigenvalue weighted by Gasteiger charge is -2.36. The summed E-state index contributed by atoms with van der Waals surface area (Å²) in [5, 5.41) is 9.76. The zero-order chi connectivity index (χ0) is 35.3. The highest BCUT2D eigenvalue weighted by Gasteiger charge is 2.36. The topological polar surface area (TPSA) is 139 Å². The molecule has 2 aromatic carbocycles. The molecule has 0 aliphatic heterocycles. The van der Waals surface area contributed by atoms with Crippen LogP contribution in [0.4, 0.5) is 4.79 Å². The molecular formula is C35H49N5O7S. The second kappa shape index (κ2) is 18.5. The third-order valence-electron chi connectivity index (χ3n) is 7.13. The Morgan fingerprint density at radius 3 is 2.23 bits per heavy atom. The van der Waals surface area contributed by atoms with Crippen LogP contribution >= 0.6 is 11.3 Å². The van der Waals surface area contributed by atoms with Crippen LogP contribution in [0.2, 0.25) is 0 Å². The lowest BCUT2D eigenvalue weighted by molar-refractivity contribution is -0.180. The number of carbonyl (C=O) groups excluding carboxylic acids is 4. The van der Waals surface area contributed by atoms with Gasteiger partial charge in [-0.25, -0.2) is 9.80 Å². The van der Waals surface area contributed by atoms with Gasteiger partial charge in [-0.3, -0.25) is 19.8 Å². The molecule has 3 aromatic rings. The summed E-state index contributed by atoms with van der Waals surface area (Å²) in [7, 11) is 1.53. The van der Waals surface area contributed by atoms with Gasteiger partial charge in [0.25, 0.3) is 0 Å². The molecule has 0 radical (unpaired) electrons. The Balaban J connectivity index is 1.83. The van der Waals surface area contributed by atoms with E-state index in [4.69, 9.17) is 14.2 Å². The minimum Gasteiger partial charge on any atom is -0.460 e. The van der Waals surface area contributed by atoms with E-state index in [9.17, 15) is 19.2 Å². The van der Waals surface area contributed by atoms with Crippen molar-refractivity contribution < 1.29 is 33.4 Å². The number of benzene rings is 2. The number of nitrogens with one attached hydrogen (secondary N) is 3. The van der Waals surface area contributed by atoms with Crippen LogP contribution < -0.4 is 16.1 Å². The fourth-order valence-corrected chi connectivity index (χ4v) is 5.95. The fraction of sp³-hybridized carbons (Fsp3) is 0.486. The van der Waals surface area contributed by atoms with Crippen LogP contribution in [0.25, 0.3) is 10.1 Å². The molecular weight excluding hydrogens is 634 g/mol. The van der Waals surface area contributed by atoms with Crippen molar-refractivity contribution in [1.82, 2.24) is 26.0 Å². The van der Waals surface area contributed by atoms with Crippen molar-refractivity contribution in [3.05, 3.63) is 71.1 Å². The monoisotopic (exact) mass is 683 g/mol. The molecule has 3 N–H and O–H groups in total. The Morgan fingerprint density at radius 2 is 1.58 bits per heavy atom. The lowest BCUT2D eigenvalue weighted by atomic mass is 10.1. The Kier molecular flexibility index (Phi) is 14.8. The van der Waals surface area contributed by atoms with Crippen LogP contribution in [0.5, 0.6) is 0 Å². The molecule has 0 spiro atoms. The SMILES string of the molecule is CCOC(OCC)[C@H](C)N(Cc1csc2ccccc12)C(=O)C(CC(=O)OC(C)(C)C)NC(=O)CN(C)NC(=O)NCc1ccccc1. The van der Waals surface area contributed by atoms with Gasteiger partial charge in [0.05, 0.1) is 19.0 Å². The third-order valence-corrected chi connectivity index (χ3v) is 8.14. The number of likely N-dealkylation sites (N-methyl/N-ethyl adjacent to an activating group) is 1. The first-order valence-corrected chi connectivity index (χ1v) is 17.0. The number of hydrazine groups is 1. The molecule has 13 heteroatoms. The summed E-state index contributed by atoms with van der Waals surface area (Å²) in [6.07, 6.45) is -1.16. The molecule has 4 amide bonds. The van der Waals surface area contributed by atoms with E-state index in [1.54, 1.807) is 37.0 Å². The standard InChI is InChI=1S/C35H49N5O7S/c1-8-45-33(46-9-2)24(3)40(21-26-23-48-29-18-14-13-17-27(26)29)32(43)28(19-31(42)47-35(4,5)6)37-30(41)22-39(7)38-34(44)36-20-25-15-11-10-12-16-25/h10-18,23-24,28,33H,8-9,19-22H2,1-7H3,(H,37,41)(H2,36,38,44)/t24-,28?/m0/s1. The van der Waals surface area contributed by atoms with E-state index < -0.39 is 54.2 Å². The van der Waals surface area contributed by atoms with Crippen LogP contribution in [0, 0.1) is 0 Å². The van der Waals surface area contributed by atoms with Gasteiger partial charge in [-0.1, -0.05) is 48.5 Å².